The van der Waals surface area contributed by atoms with Crippen molar-refractivity contribution >= 4 is 44.2 Å². The molecule has 1 amide bonds. The summed E-state index contributed by atoms with van der Waals surface area (Å²) in [4.78, 5) is 16.5. The van der Waals surface area contributed by atoms with E-state index in [9.17, 15) is 4.79 Å². The molecule has 102 valence electrons. The molecule has 1 aromatic carbocycles. The Labute approximate surface area is 124 Å². The number of nitrogens with zero attached hydrogens (tertiary/aromatic N) is 3. The molecule has 0 aliphatic carbocycles. The topological polar surface area (TPSA) is 59.8 Å². The molecule has 0 radical (unpaired) electrons. The second kappa shape index (κ2) is 4.88. The molecule has 0 bridgehead atoms. The third-order valence-electron chi connectivity index (χ3n) is 2.87. The Bertz CT molecular complexity index is 788. The minimum absolute atomic E-state index is 0.314. The van der Waals surface area contributed by atoms with Gasteiger partial charge in [-0.25, -0.2) is 4.98 Å². The van der Waals surface area contributed by atoms with E-state index in [1.165, 1.54) is 22.2 Å². The first-order valence-electron chi connectivity index (χ1n) is 5.90. The van der Waals surface area contributed by atoms with Crippen LogP contribution < -0.4 is 5.32 Å². The number of rotatable bonds is 2. The summed E-state index contributed by atoms with van der Waals surface area (Å²) in [5, 5.41) is 7.57. The van der Waals surface area contributed by atoms with E-state index in [0.717, 1.165) is 15.8 Å². The van der Waals surface area contributed by atoms with Crippen LogP contribution in [0.2, 0.25) is 5.02 Å². The maximum atomic E-state index is 12.2. The predicted octanol–water partition coefficient (Wildman–Crippen LogP) is 3.24. The molecule has 3 rings (SSSR count). The Kier molecular flexibility index (Phi) is 3.19. The average molecular weight is 307 g/mol. The number of anilines is 1. The number of nitrogens with one attached hydrogen (secondary N) is 1. The van der Waals surface area contributed by atoms with Gasteiger partial charge in [0.05, 0.1) is 21.4 Å². The summed E-state index contributed by atoms with van der Waals surface area (Å²) in [7, 11) is 1.67. The van der Waals surface area contributed by atoms with Gasteiger partial charge in [-0.2, -0.15) is 5.10 Å². The summed E-state index contributed by atoms with van der Waals surface area (Å²) in [6.45, 7) is 2.02. The van der Waals surface area contributed by atoms with E-state index >= 15 is 0 Å². The molecule has 1 N–H and O–H groups in total. The van der Waals surface area contributed by atoms with Crippen LogP contribution in [0, 0.1) is 6.92 Å². The Morgan fingerprint density at radius 1 is 1.45 bits per heavy atom. The lowest BCUT2D eigenvalue weighted by Gasteiger charge is -2.02. The van der Waals surface area contributed by atoms with Crippen molar-refractivity contribution in [3.05, 3.63) is 40.7 Å². The Hall–Kier alpha value is -1.92. The summed E-state index contributed by atoms with van der Waals surface area (Å²) in [6.07, 6.45) is 1.44. The van der Waals surface area contributed by atoms with E-state index in [4.69, 9.17) is 11.6 Å². The van der Waals surface area contributed by atoms with Crippen LogP contribution in [0.15, 0.2) is 24.4 Å². The maximum absolute atomic E-state index is 12.2. The lowest BCUT2D eigenvalue weighted by atomic mass is 10.2. The van der Waals surface area contributed by atoms with E-state index in [0.29, 0.717) is 15.8 Å². The van der Waals surface area contributed by atoms with E-state index in [1.807, 2.05) is 25.1 Å². The normalized spacial score (nSPS) is 10.9. The highest BCUT2D eigenvalue weighted by Crippen LogP contribution is 2.27. The molecule has 20 heavy (non-hydrogen) atoms. The number of carbonyl (C=O) groups is 1. The molecular weight excluding hydrogens is 296 g/mol. The molecule has 2 aromatic heterocycles. The van der Waals surface area contributed by atoms with Crippen LogP contribution in [0.5, 0.6) is 0 Å². The molecule has 0 atom stereocenters. The third-order valence-corrected chi connectivity index (χ3v) is 4.08. The molecule has 0 fully saturated rings. The minimum atomic E-state index is -0.314. The van der Waals surface area contributed by atoms with Gasteiger partial charge in [-0.1, -0.05) is 29.0 Å². The van der Waals surface area contributed by atoms with E-state index in [-0.39, 0.29) is 5.91 Å². The quantitative estimate of drug-likeness (QED) is 0.790. The van der Waals surface area contributed by atoms with Crippen LogP contribution in [-0.4, -0.2) is 20.7 Å². The first kappa shape index (κ1) is 13.1. The lowest BCUT2D eigenvalue weighted by molar-refractivity contribution is 0.101. The first-order valence-corrected chi connectivity index (χ1v) is 7.10. The Morgan fingerprint density at radius 2 is 2.25 bits per heavy atom. The highest BCUT2D eigenvalue weighted by atomic mass is 35.5. The van der Waals surface area contributed by atoms with Gasteiger partial charge in [-0.3, -0.25) is 14.8 Å². The highest BCUT2D eigenvalue weighted by molar-refractivity contribution is 7.22. The van der Waals surface area contributed by atoms with E-state index < -0.39 is 0 Å². The minimum Gasteiger partial charge on any atom is -0.296 e. The number of halogens is 1. The molecule has 0 aliphatic rings. The molecule has 0 saturated carbocycles. The number of carbonyl (C=O) groups excluding carboxylic acids is 1. The van der Waals surface area contributed by atoms with E-state index in [2.05, 4.69) is 15.4 Å². The SMILES string of the molecule is Cc1ccc2nc(NC(=O)c3c(Cl)cnn3C)sc2c1. The number of hydrogen-bond donors (Lipinski definition) is 1. The van der Waals surface area contributed by atoms with Crippen molar-refractivity contribution in [2.24, 2.45) is 7.05 Å². The van der Waals surface area contributed by atoms with Crippen molar-refractivity contribution in [2.75, 3.05) is 5.32 Å². The van der Waals surface area contributed by atoms with Crippen molar-refractivity contribution in [1.29, 1.82) is 0 Å². The van der Waals surface area contributed by atoms with Gasteiger partial charge >= 0.3 is 0 Å². The number of fused-ring (bicyclic) bond motifs is 1. The van der Waals surface area contributed by atoms with Gasteiger partial charge in [0.15, 0.2) is 5.13 Å². The van der Waals surface area contributed by atoms with Crippen LogP contribution in [0.4, 0.5) is 5.13 Å². The number of aryl methyl sites for hydroxylation is 2. The predicted molar refractivity (Wildman–Crippen MR) is 80.5 cm³/mol. The van der Waals surface area contributed by atoms with Gasteiger partial charge in [-0.05, 0) is 24.6 Å². The zero-order valence-corrected chi connectivity index (χ0v) is 12.4. The van der Waals surface area contributed by atoms with Gasteiger partial charge in [0.25, 0.3) is 5.91 Å². The van der Waals surface area contributed by atoms with E-state index in [1.54, 1.807) is 7.05 Å². The summed E-state index contributed by atoms with van der Waals surface area (Å²) < 4.78 is 2.48. The maximum Gasteiger partial charge on any atom is 0.277 e. The smallest absolute Gasteiger partial charge is 0.277 e. The van der Waals surface area contributed by atoms with Gasteiger partial charge in [-0.15, -0.1) is 0 Å². The number of benzene rings is 1. The van der Waals surface area contributed by atoms with Gasteiger partial charge < -0.3 is 0 Å². The summed E-state index contributed by atoms with van der Waals surface area (Å²) >= 11 is 7.38. The van der Waals surface area contributed by atoms with Crippen molar-refractivity contribution < 1.29 is 4.79 Å². The molecule has 2 heterocycles. The molecule has 0 saturated heterocycles. The average Bonchev–Trinajstić information content (AvgIpc) is 2.92. The zero-order chi connectivity index (χ0) is 14.3. The molecule has 3 aromatic rings. The number of amides is 1. The van der Waals surface area contributed by atoms with Crippen molar-refractivity contribution in [3.8, 4) is 0 Å². The van der Waals surface area contributed by atoms with Crippen LogP contribution in [0.3, 0.4) is 0 Å². The van der Waals surface area contributed by atoms with Crippen LogP contribution in [0.1, 0.15) is 16.1 Å². The fourth-order valence-corrected chi connectivity index (χ4v) is 3.12. The second-order valence-corrected chi connectivity index (χ2v) is 5.85. The summed E-state index contributed by atoms with van der Waals surface area (Å²) in [6, 6.07) is 5.97. The summed E-state index contributed by atoms with van der Waals surface area (Å²) in [5.74, 6) is -0.314. The molecule has 0 aliphatic heterocycles. The number of thiazole rings is 1. The lowest BCUT2D eigenvalue weighted by Crippen LogP contribution is -2.16. The summed E-state index contributed by atoms with van der Waals surface area (Å²) in [5.41, 5.74) is 2.35. The van der Waals surface area contributed by atoms with Crippen molar-refractivity contribution in [3.63, 3.8) is 0 Å². The number of hydrogen-bond acceptors (Lipinski definition) is 4. The Balaban J connectivity index is 1.91. The number of aromatic nitrogens is 3. The van der Waals surface area contributed by atoms with Crippen LogP contribution in [-0.2, 0) is 7.05 Å². The van der Waals surface area contributed by atoms with Crippen molar-refractivity contribution in [2.45, 2.75) is 6.92 Å². The van der Waals surface area contributed by atoms with Gasteiger partial charge in [0, 0.05) is 7.05 Å². The third kappa shape index (κ3) is 2.28. The Morgan fingerprint density at radius 3 is 2.95 bits per heavy atom. The first-order chi connectivity index (χ1) is 9.54. The zero-order valence-electron chi connectivity index (χ0n) is 10.8. The molecule has 5 nitrogen and oxygen atoms in total. The molecule has 7 heteroatoms. The molecule has 0 spiro atoms. The molecule has 0 unspecified atom stereocenters. The highest BCUT2D eigenvalue weighted by Gasteiger charge is 2.17. The fourth-order valence-electron chi connectivity index (χ4n) is 1.91. The fraction of sp³-hybridized carbons (Fsp3) is 0.154. The van der Waals surface area contributed by atoms with Gasteiger partial charge in [0.2, 0.25) is 0 Å². The van der Waals surface area contributed by atoms with Crippen LogP contribution in [0.25, 0.3) is 10.2 Å². The largest absolute Gasteiger partial charge is 0.296 e. The standard InChI is InChI=1S/C13H11ClN4OS/c1-7-3-4-9-10(5-7)20-13(16-9)17-12(19)11-8(14)6-15-18(11)2/h3-6H,1-2H3,(H,16,17,19). The van der Waals surface area contributed by atoms with Gasteiger partial charge in [0.1, 0.15) is 5.69 Å². The monoisotopic (exact) mass is 306 g/mol. The molecular formula is C13H11ClN4OS. The second-order valence-electron chi connectivity index (χ2n) is 4.41. The van der Waals surface area contributed by atoms with Crippen LogP contribution >= 0.6 is 22.9 Å². The van der Waals surface area contributed by atoms with Crippen molar-refractivity contribution in [1.82, 2.24) is 14.8 Å².